The fourth-order valence-corrected chi connectivity index (χ4v) is 2.97. The number of nitrogens with one attached hydrogen (secondary N) is 1. The molecule has 1 saturated heterocycles. The maximum atomic E-state index is 12.9. The minimum Gasteiger partial charge on any atom is -0.340 e. The minimum absolute atomic E-state index is 0.0324. The van der Waals surface area contributed by atoms with Gasteiger partial charge in [-0.05, 0) is 29.8 Å². The van der Waals surface area contributed by atoms with Crippen LogP contribution in [0.15, 0.2) is 54.6 Å². The maximum absolute atomic E-state index is 12.9. The van der Waals surface area contributed by atoms with Crippen molar-refractivity contribution in [2.24, 2.45) is 0 Å². The van der Waals surface area contributed by atoms with Crippen molar-refractivity contribution < 1.29 is 14.0 Å². The first-order chi connectivity index (χ1) is 12.6. The summed E-state index contributed by atoms with van der Waals surface area (Å²) in [6.45, 7) is 2.83. The van der Waals surface area contributed by atoms with E-state index in [1.54, 1.807) is 17.0 Å². The van der Waals surface area contributed by atoms with Crippen LogP contribution in [0, 0.1) is 5.82 Å². The Bertz CT molecular complexity index is 741. The second kappa shape index (κ2) is 8.58. The molecule has 2 amide bonds. The largest absolute Gasteiger partial charge is 0.340 e. The van der Waals surface area contributed by atoms with Gasteiger partial charge in [-0.15, -0.1) is 0 Å². The van der Waals surface area contributed by atoms with Gasteiger partial charge >= 0.3 is 0 Å². The molecule has 0 saturated carbocycles. The molecular formula is C20H22FN3O2. The van der Waals surface area contributed by atoms with Crippen LogP contribution in [0.2, 0.25) is 0 Å². The van der Waals surface area contributed by atoms with Crippen LogP contribution in [-0.2, 0) is 16.0 Å². The molecule has 0 aliphatic carbocycles. The highest BCUT2D eigenvalue weighted by molar-refractivity contribution is 5.92. The summed E-state index contributed by atoms with van der Waals surface area (Å²) in [4.78, 5) is 28.3. The predicted molar refractivity (Wildman–Crippen MR) is 98.2 cm³/mol. The van der Waals surface area contributed by atoms with E-state index in [9.17, 15) is 14.0 Å². The average molecular weight is 355 g/mol. The van der Waals surface area contributed by atoms with E-state index in [1.807, 2.05) is 35.2 Å². The lowest BCUT2D eigenvalue weighted by atomic mass is 10.1. The smallest absolute Gasteiger partial charge is 0.238 e. The first kappa shape index (κ1) is 18.1. The van der Waals surface area contributed by atoms with Crippen LogP contribution < -0.4 is 5.32 Å². The number of hydrogen-bond acceptors (Lipinski definition) is 3. The van der Waals surface area contributed by atoms with Gasteiger partial charge in [0, 0.05) is 31.9 Å². The highest BCUT2D eigenvalue weighted by Crippen LogP contribution is 2.09. The van der Waals surface area contributed by atoms with Crippen LogP contribution in [0.25, 0.3) is 0 Å². The van der Waals surface area contributed by atoms with Crippen molar-refractivity contribution in [3.63, 3.8) is 0 Å². The van der Waals surface area contributed by atoms with E-state index in [0.29, 0.717) is 32.7 Å². The van der Waals surface area contributed by atoms with Crippen LogP contribution in [-0.4, -0.2) is 54.3 Å². The van der Waals surface area contributed by atoms with E-state index < -0.39 is 0 Å². The van der Waals surface area contributed by atoms with Gasteiger partial charge in [0.15, 0.2) is 0 Å². The predicted octanol–water partition coefficient (Wildman–Crippen LogP) is 2.15. The molecule has 1 aliphatic rings. The molecule has 5 nitrogen and oxygen atoms in total. The fourth-order valence-electron chi connectivity index (χ4n) is 2.97. The molecule has 0 radical (unpaired) electrons. The minimum atomic E-state index is -0.302. The Morgan fingerprint density at radius 1 is 0.923 bits per heavy atom. The zero-order valence-corrected chi connectivity index (χ0v) is 14.5. The third-order valence-electron chi connectivity index (χ3n) is 4.42. The molecule has 0 bridgehead atoms. The van der Waals surface area contributed by atoms with Crippen molar-refractivity contribution in [1.29, 1.82) is 0 Å². The normalized spacial score (nSPS) is 14.9. The highest BCUT2D eigenvalue weighted by Gasteiger charge is 2.22. The number of piperazine rings is 1. The van der Waals surface area contributed by atoms with Crippen molar-refractivity contribution in [2.45, 2.75) is 6.42 Å². The van der Waals surface area contributed by atoms with Gasteiger partial charge in [0.05, 0.1) is 13.0 Å². The van der Waals surface area contributed by atoms with E-state index in [0.717, 1.165) is 11.3 Å². The third-order valence-corrected chi connectivity index (χ3v) is 4.42. The van der Waals surface area contributed by atoms with Crippen molar-refractivity contribution in [2.75, 3.05) is 38.0 Å². The second-order valence-corrected chi connectivity index (χ2v) is 6.37. The lowest BCUT2D eigenvalue weighted by Crippen LogP contribution is -2.50. The molecule has 0 spiro atoms. The van der Waals surface area contributed by atoms with Crippen molar-refractivity contribution >= 4 is 17.5 Å². The summed E-state index contributed by atoms with van der Waals surface area (Å²) in [7, 11) is 0. The maximum Gasteiger partial charge on any atom is 0.238 e. The summed E-state index contributed by atoms with van der Waals surface area (Å²) < 4.78 is 12.9. The molecule has 2 aromatic rings. The molecule has 1 fully saturated rings. The number of amides is 2. The van der Waals surface area contributed by atoms with E-state index in [1.165, 1.54) is 12.1 Å². The van der Waals surface area contributed by atoms with E-state index in [-0.39, 0.29) is 24.1 Å². The number of hydrogen-bond donors (Lipinski definition) is 1. The highest BCUT2D eigenvalue weighted by atomic mass is 19.1. The van der Waals surface area contributed by atoms with E-state index in [2.05, 4.69) is 5.32 Å². The Kier molecular flexibility index (Phi) is 5.96. The Balaban J connectivity index is 1.42. The standard InChI is InChI=1S/C20H22FN3O2/c21-17-8-6-16(7-9-17)14-20(26)24-12-10-23(11-13-24)15-19(25)22-18-4-2-1-3-5-18/h1-9H,10-15H2,(H,22,25). The number of nitrogens with zero attached hydrogens (tertiary/aromatic N) is 2. The fraction of sp³-hybridized carbons (Fsp3) is 0.300. The molecule has 0 unspecified atom stereocenters. The van der Waals surface area contributed by atoms with Crippen molar-refractivity contribution in [1.82, 2.24) is 9.80 Å². The Morgan fingerprint density at radius 3 is 2.23 bits per heavy atom. The SMILES string of the molecule is O=C(CN1CCN(C(=O)Cc2ccc(F)cc2)CC1)Nc1ccccc1. The topological polar surface area (TPSA) is 52.7 Å². The number of anilines is 1. The number of halogens is 1. The van der Waals surface area contributed by atoms with Crippen LogP contribution in [0.4, 0.5) is 10.1 Å². The summed E-state index contributed by atoms with van der Waals surface area (Å²) in [5, 5.41) is 2.87. The lowest BCUT2D eigenvalue weighted by Gasteiger charge is -2.34. The Labute approximate surface area is 152 Å². The zero-order chi connectivity index (χ0) is 18.4. The molecule has 1 heterocycles. The van der Waals surface area contributed by atoms with Gasteiger partial charge in [-0.25, -0.2) is 4.39 Å². The van der Waals surface area contributed by atoms with Crippen molar-refractivity contribution in [3.8, 4) is 0 Å². The quantitative estimate of drug-likeness (QED) is 0.894. The molecule has 0 atom stereocenters. The monoisotopic (exact) mass is 355 g/mol. The van der Waals surface area contributed by atoms with Crippen LogP contribution >= 0.6 is 0 Å². The lowest BCUT2D eigenvalue weighted by molar-refractivity contribution is -0.132. The van der Waals surface area contributed by atoms with Gasteiger partial charge in [0.25, 0.3) is 0 Å². The summed E-state index contributed by atoms with van der Waals surface area (Å²) in [6.07, 6.45) is 0.273. The number of rotatable bonds is 5. The summed E-state index contributed by atoms with van der Waals surface area (Å²) >= 11 is 0. The van der Waals surface area contributed by atoms with Gasteiger partial charge in [-0.1, -0.05) is 30.3 Å². The average Bonchev–Trinajstić information content (AvgIpc) is 2.65. The van der Waals surface area contributed by atoms with Gasteiger partial charge < -0.3 is 10.2 Å². The van der Waals surface area contributed by atoms with Gasteiger partial charge in [0.2, 0.25) is 11.8 Å². The van der Waals surface area contributed by atoms with Crippen LogP contribution in [0.1, 0.15) is 5.56 Å². The molecule has 136 valence electrons. The second-order valence-electron chi connectivity index (χ2n) is 6.37. The van der Waals surface area contributed by atoms with Gasteiger partial charge in [-0.3, -0.25) is 14.5 Å². The van der Waals surface area contributed by atoms with E-state index >= 15 is 0 Å². The van der Waals surface area contributed by atoms with Crippen LogP contribution in [0.3, 0.4) is 0 Å². The van der Waals surface area contributed by atoms with E-state index in [4.69, 9.17) is 0 Å². The Hall–Kier alpha value is -2.73. The number of para-hydroxylation sites is 1. The summed E-state index contributed by atoms with van der Waals surface area (Å²) in [5.74, 6) is -0.323. The number of carbonyl (C=O) groups excluding carboxylic acids is 2. The van der Waals surface area contributed by atoms with Crippen LogP contribution in [0.5, 0.6) is 0 Å². The van der Waals surface area contributed by atoms with Gasteiger partial charge in [-0.2, -0.15) is 0 Å². The Morgan fingerprint density at radius 2 is 1.58 bits per heavy atom. The zero-order valence-electron chi connectivity index (χ0n) is 14.5. The summed E-state index contributed by atoms with van der Waals surface area (Å²) in [6, 6.07) is 15.4. The molecule has 1 aliphatic heterocycles. The van der Waals surface area contributed by atoms with Crippen molar-refractivity contribution in [3.05, 3.63) is 66.0 Å². The first-order valence-corrected chi connectivity index (χ1v) is 8.69. The number of benzene rings is 2. The molecule has 1 N–H and O–H groups in total. The van der Waals surface area contributed by atoms with Gasteiger partial charge in [0.1, 0.15) is 5.82 Å². The first-order valence-electron chi connectivity index (χ1n) is 8.69. The molecule has 3 rings (SSSR count). The third kappa shape index (κ3) is 5.13. The molecular weight excluding hydrogens is 333 g/mol. The molecule has 6 heteroatoms. The molecule has 26 heavy (non-hydrogen) atoms. The summed E-state index contributed by atoms with van der Waals surface area (Å²) in [5.41, 5.74) is 1.59. The molecule has 2 aromatic carbocycles. The molecule has 0 aromatic heterocycles. The number of carbonyl (C=O) groups is 2.